The largest absolute Gasteiger partial charge is 0.289 e. The molecule has 4 nitrogen and oxygen atoms in total. The molecule has 2 aromatic rings. The smallest absolute Gasteiger partial charge is 0.270 e. The highest BCUT2D eigenvalue weighted by Crippen LogP contribution is 2.27. The molecule has 2 aromatic carbocycles. The van der Waals surface area contributed by atoms with Gasteiger partial charge in [0.25, 0.3) is 5.69 Å². The lowest BCUT2D eigenvalue weighted by Crippen LogP contribution is -2.11. The molecular weight excluding hydrogens is 278 g/mol. The van der Waals surface area contributed by atoms with Crippen LogP contribution in [0.4, 0.5) is 5.69 Å². The van der Waals surface area contributed by atoms with E-state index >= 15 is 0 Å². The molecule has 0 aliphatic heterocycles. The van der Waals surface area contributed by atoms with Gasteiger partial charge in [0.2, 0.25) is 0 Å². The van der Waals surface area contributed by atoms with E-state index in [1.165, 1.54) is 12.1 Å². The molecule has 0 saturated carbocycles. The van der Waals surface area contributed by atoms with Crippen LogP contribution in [0.1, 0.15) is 43.7 Å². The Labute approximate surface area is 129 Å². The molecule has 0 spiro atoms. The minimum Gasteiger partial charge on any atom is -0.289 e. The minimum atomic E-state index is -0.434. The van der Waals surface area contributed by atoms with E-state index in [4.69, 9.17) is 0 Å². The summed E-state index contributed by atoms with van der Waals surface area (Å²) >= 11 is 0. The Morgan fingerprint density at radius 1 is 0.818 bits per heavy atom. The van der Waals surface area contributed by atoms with Gasteiger partial charge in [-0.1, -0.05) is 17.7 Å². The fourth-order valence-electron chi connectivity index (χ4n) is 3.07. The first-order valence-electron chi connectivity index (χ1n) is 7.10. The third kappa shape index (κ3) is 2.77. The second-order valence-electron chi connectivity index (χ2n) is 5.81. The van der Waals surface area contributed by atoms with Gasteiger partial charge in [0.15, 0.2) is 5.78 Å². The molecular formula is C18H19NO3. The van der Waals surface area contributed by atoms with Crippen molar-refractivity contribution in [3.63, 3.8) is 0 Å². The number of carbonyl (C=O) groups is 1. The van der Waals surface area contributed by atoms with E-state index in [9.17, 15) is 14.9 Å². The predicted molar refractivity (Wildman–Crippen MR) is 86.7 cm³/mol. The van der Waals surface area contributed by atoms with Crippen LogP contribution in [0.2, 0.25) is 0 Å². The lowest BCUT2D eigenvalue weighted by atomic mass is 9.89. The number of hydrogen-bond acceptors (Lipinski definition) is 3. The normalized spacial score (nSPS) is 10.6. The highest BCUT2D eigenvalue weighted by atomic mass is 16.6. The number of benzene rings is 2. The van der Waals surface area contributed by atoms with Crippen LogP contribution in [0.3, 0.4) is 0 Å². The molecule has 0 bridgehead atoms. The first-order chi connectivity index (χ1) is 10.2. The van der Waals surface area contributed by atoms with Crippen molar-refractivity contribution in [2.24, 2.45) is 0 Å². The maximum Gasteiger partial charge on any atom is 0.270 e. The average molecular weight is 297 g/mol. The highest BCUT2D eigenvalue weighted by Gasteiger charge is 2.21. The minimum absolute atomic E-state index is 0.0175. The standard InChI is InChI=1S/C18H19NO3/c1-10-6-11(2)16(12(3)7-10)18(20)17-13(4)8-15(19(21)22)9-14(17)5/h6-9H,1-5H3. The molecule has 0 heterocycles. The van der Waals surface area contributed by atoms with Crippen LogP contribution >= 0.6 is 0 Å². The molecule has 0 aromatic heterocycles. The molecule has 2 rings (SSSR count). The molecule has 114 valence electrons. The summed E-state index contributed by atoms with van der Waals surface area (Å²) in [6, 6.07) is 6.88. The average Bonchev–Trinajstić information content (AvgIpc) is 2.36. The van der Waals surface area contributed by atoms with Crippen molar-refractivity contribution in [2.45, 2.75) is 34.6 Å². The number of aryl methyl sites for hydroxylation is 5. The number of rotatable bonds is 3. The summed E-state index contributed by atoms with van der Waals surface area (Å²) in [5.74, 6) is -0.0695. The summed E-state index contributed by atoms with van der Waals surface area (Å²) in [5, 5.41) is 10.9. The molecule has 0 N–H and O–H groups in total. The molecule has 22 heavy (non-hydrogen) atoms. The van der Waals surface area contributed by atoms with Crippen molar-refractivity contribution in [2.75, 3.05) is 0 Å². The fourth-order valence-corrected chi connectivity index (χ4v) is 3.07. The zero-order valence-corrected chi connectivity index (χ0v) is 13.5. The van der Waals surface area contributed by atoms with Crippen molar-refractivity contribution in [3.8, 4) is 0 Å². The Morgan fingerprint density at radius 2 is 1.18 bits per heavy atom. The van der Waals surface area contributed by atoms with Crippen LogP contribution in [0.25, 0.3) is 0 Å². The van der Waals surface area contributed by atoms with Crippen LogP contribution in [-0.2, 0) is 0 Å². The number of hydrogen-bond donors (Lipinski definition) is 0. The van der Waals surface area contributed by atoms with Gasteiger partial charge in [-0.3, -0.25) is 14.9 Å². The Hall–Kier alpha value is -2.49. The summed E-state index contributed by atoms with van der Waals surface area (Å²) in [4.78, 5) is 23.4. The van der Waals surface area contributed by atoms with Gasteiger partial charge in [-0.05, 0) is 56.9 Å². The van der Waals surface area contributed by atoms with Crippen LogP contribution in [0, 0.1) is 44.7 Å². The van der Waals surface area contributed by atoms with Crippen LogP contribution in [-0.4, -0.2) is 10.7 Å². The molecule has 0 aliphatic carbocycles. The Balaban J connectivity index is 2.63. The van der Waals surface area contributed by atoms with Gasteiger partial charge in [0.1, 0.15) is 0 Å². The molecule has 0 fully saturated rings. The molecule has 0 aliphatic rings. The number of ketones is 1. The van der Waals surface area contributed by atoms with Crippen molar-refractivity contribution in [1.29, 1.82) is 0 Å². The zero-order chi connectivity index (χ0) is 16.6. The van der Waals surface area contributed by atoms with Gasteiger partial charge in [-0.25, -0.2) is 0 Å². The van der Waals surface area contributed by atoms with Crippen molar-refractivity contribution >= 4 is 11.5 Å². The summed E-state index contributed by atoms with van der Waals surface area (Å²) in [5.41, 5.74) is 5.50. The number of nitrogens with zero attached hydrogens (tertiary/aromatic N) is 1. The molecule has 0 saturated heterocycles. The molecule has 0 atom stereocenters. The number of nitro benzene ring substituents is 1. The fraction of sp³-hybridized carbons (Fsp3) is 0.278. The highest BCUT2D eigenvalue weighted by molar-refractivity contribution is 6.12. The lowest BCUT2D eigenvalue weighted by molar-refractivity contribution is -0.384. The van der Waals surface area contributed by atoms with E-state index in [1.807, 2.05) is 32.9 Å². The van der Waals surface area contributed by atoms with Crippen LogP contribution in [0.5, 0.6) is 0 Å². The zero-order valence-electron chi connectivity index (χ0n) is 13.5. The summed E-state index contributed by atoms with van der Waals surface area (Å²) in [7, 11) is 0. The first-order valence-corrected chi connectivity index (χ1v) is 7.10. The predicted octanol–water partition coefficient (Wildman–Crippen LogP) is 4.37. The molecule has 0 amide bonds. The molecule has 4 heteroatoms. The van der Waals surface area contributed by atoms with Crippen molar-refractivity contribution < 1.29 is 9.72 Å². The first kappa shape index (κ1) is 15.9. The van der Waals surface area contributed by atoms with Crippen molar-refractivity contribution in [1.82, 2.24) is 0 Å². The lowest BCUT2D eigenvalue weighted by Gasteiger charge is -2.14. The van der Waals surface area contributed by atoms with Gasteiger partial charge >= 0.3 is 0 Å². The second kappa shape index (κ2) is 5.72. The summed E-state index contributed by atoms with van der Waals surface area (Å²) in [6.45, 7) is 9.32. The maximum absolute atomic E-state index is 13.0. The van der Waals surface area contributed by atoms with E-state index in [0.29, 0.717) is 22.3 Å². The monoisotopic (exact) mass is 297 g/mol. The quantitative estimate of drug-likeness (QED) is 0.480. The van der Waals surface area contributed by atoms with Gasteiger partial charge < -0.3 is 0 Å². The van der Waals surface area contributed by atoms with Gasteiger partial charge in [0, 0.05) is 23.3 Å². The van der Waals surface area contributed by atoms with Gasteiger partial charge in [-0.2, -0.15) is 0 Å². The van der Waals surface area contributed by atoms with E-state index in [-0.39, 0.29) is 11.5 Å². The SMILES string of the molecule is Cc1cc(C)c(C(=O)c2c(C)cc([N+](=O)[O-])cc2C)c(C)c1. The van der Waals surface area contributed by atoms with E-state index in [2.05, 4.69) is 0 Å². The number of non-ortho nitro benzene ring substituents is 1. The molecule has 0 radical (unpaired) electrons. The Morgan fingerprint density at radius 3 is 1.55 bits per heavy atom. The van der Waals surface area contributed by atoms with E-state index < -0.39 is 4.92 Å². The van der Waals surface area contributed by atoms with E-state index in [0.717, 1.165) is 16.7 Å². The molecule has 0 unspecified atom stereocenters. The second-order valence-corrected chi connectivity index (χ2v) is 5.81. The topological polar surface area (TPSA) is 60.2 Å². The van der Waals surface area contributed by atoms with Crippen LogP contribution < -0.4 is 0 Å². The summed E-state index contributed by atoms with van der Waals surface area (Å²) in [6.07, 6.45) is 0. The third-order valence-corrected chi connectivity index (χ3v) is 3.86. The van der Waals surface area contributed by atoms with E-state index in [1.54, 1.807) is 13.8 Å². The Bertz CT molecular complexity index is 745. The number of nitro groups is 1. The summed E-state index contributed by atoms with van der Waals surface area (Å²) < 4.78 is 0. The van der Waals surface area contributed by atoms with Gasteiger partial charge in [0.05, 0.1) is 4.92 Å². The number of carbonyl (C=O) groups excluding carboxylic acids is 1. The third-order valence-electron chi connectivity index (χ3n) is 3.86. The van der Waals surface area contributed by atoms with Crippen LogP contribution in [0.15, 0.2) is 24.3 Å². The maximum atomic E-state index is 13.0. The van der Waals surface area contributed by atoms with Crippen molar-refractivity contribution in [3.05, 3.63) is 73.3 Å². The van der Waals surface area contributed by atoms with Gasteiger partial charge in [-0.15, -0.1) is 0 Å². The Kier molecular flexibility index (Phi) is 4.13.